The molecule has 0 radical (unpaired) electrons. The van der Waals surface area contributed by atoms with E-state index in [1.807, 2.05) is 24.3 Å². The van der Waals surface area contributed by atoms with E-state index in [0.717, 1.165) is 3.57 Å². The van der Waals surface area contributed by atoms with E-state index in [1.165, 1.54) is 0 Å². The van der Waals surface area contributed by atoms with Gasteiger partial charge in [0.1, 0.15) is 5.75 Å². The molecule has 0 bridgehead atoms. The van der Waals surface area contributed by atoms with Crippen molar-refractivity contribution in [2.75, 3.05) is 7.11 Å². The summed E-state index contributed by atoms with van der Waals surface area (Å²) in [6.07, 6.45) is 1.59. The van der Waals surface area contributed by atoms with Gasteiger partial charge in [0.2, 0.25) is 5.88 Å². The quantitative estimate of drug-likeness (QED) is 0.730. The van der Waals surface area contributed by atoms with Gasteiger partial charge in [-0.15, -0.1) is 0 Å². The summed E-state index contributed by atoms with van der Waals surface area (Å²) in [6, 6.07) is 7.90. The van der Waals surface area contributed by atoms with Crippen molar-refractivity contribution in [3.05, 3.63) is 38.5 Å². The van der Waals surface area contributed by atoms with Crippen LogP contribution in [0.4, 0.5) is 0 Å². The average Bonchev–Trinajstić information content (AvgIpc) is 2.32. The second-order valence-electron chi connectivity index (χ2n) is 3.07. The molecular formula is C11H8BrIN2O2. The normalized spacial score (nSPS) is 10.1. The van der Waals surface area contributed by atoms with Gasteiger partial charge >= 0.3 is 6.01 Å². The third kappa shape index (κ3) is 3.29. The Kier molecular flexibility index (Phi) is 4.16. The summed E-state index contributed by atoms with van der Waals surface area (Å²) in [5, 5.41) is 0. The Labute approximate surface area is 121 Å². The van der Waals surface area contributed by atoms with Crippen molar-refractivity contribution < 1.29 is 9.47 Å². The zero-order valence-corrected chi connectivity index (χ0v) is 12.6. The molecular weight excluding hydrogens is 399 g/mol. The number of hydrogen-bond donors (Lipinski definition) is 0. The van der Waals surface area contributed by atoms with E-state index in [2.05, 4.69) is 48.5 Å². The third-order valence-corrected chi connectivity index (χ3v) is 3.10. The van der Waals surface area contributed by atoms with E-state index in [9.17, 15) is 0 Å². The monoisotopic (exact) mass is 406 g/mol. The van der Waals surface area contributed by atoms with Gasteiger partial charge in [-0.3, -0.25) is 0 Å². The van der Waals surface area contributed by atoms with Crippen LogP contribution in [-0.2, 0) is 0 Å². The van der Waals surface area contributed by atoms with Crippen LogP contribution in [0, 0.1) is 3.57 Å². The largest absolute Gasteiger partial charge is 0.480 e. The fourth-order valence-electron chi connectivity index (χ4n) is 1.16. The van der Waals surface area contributed by atoms with Crippen LogP contribution in [0.3, 0.4) is 0 Å². The number of methoxy groups -OCH3 is 1. The summed E-state index contributed by atoms with van der Waals surface area (Å²) >= 11 is 5.50. The van der Waals surface area contributed by atoms with Crippen LogP contribution in [0.5, 0.6) is 17.6 Å². The molecule has 0 aliphatic carbocycles. The minimum atomic E-state index is 0.257. The highest BCUT2D eigenvalue weighted by Crippen LogP contribution is 2.25. The van der Waals surface area contributed by atoms with Crippen molar-refractivity contribution in [3.8, 4) is 17.6 Å². The highest BCUT2D eigenvalue weighted by atomic mass is 127. The number of hydrogen-bond acceptors (Lipinski definition) is 4. The SMILES string of the molecule is COc1nc(Oc2cccc(I)c2)ncc1Br. The van der Waals surface area contributed by atoms with Gasteiger partial charge in [-0.25, -0.2) is 4.98 Å². The molecule has 2 aromatic rings. The van der Waals surface area contributed by atoms with E-state index in [4.69, 9.17) is 9.47 Å². The Bertz CT molecular complexity index is 537. The molecule has 0 atom stereocenters. The number of aromatic nitrogens is 2. The van der Waals surface area contributed by atoms with Gasteiger partial charge in [0.15, 0.2) is 0 Å². The van der Waals surface area contributed by atoms with Gasteiger partial charge in [0, 0.05) is 3.57 Å². The maximum Gasteiger partial charge on any atom is 0.325 e. The predicted molar refractivity (Wildman–Crippen MR) is 75.5 cm³/mol. The highest BCUT2D eigenvalue weighted by molar-refractivity contribution is 14.1. The molecule has 0 N–H and O–H groups in total. The third-order valence-electron chi connectivity index (χ3n) is 1.89. The first-order chi connectivity index (χ1) is 8.19. The summed E-state index contributed by atoms with van der Waals surface area (Å²) in [7, 11) is 1.54. The maximum absolute atomic E-state index is 5.53. The second kappa shape index (κ2) is 5.63. The lowest BCUT2D eigenvalue weighted by atomic mass is 10.3. The zero-order valence-electron chi connectivity index (χ0n) is 8.85. The van der Waals surface area contributed by atoms with Crippen molar-refractivity contribution >= 4 is 38.5 Å². The first-order valence-electron chi connectivity index (χ1n) is 4.69. The first-order valence-corrected chi connectivity index (χ1v) is 6.56. The number of rotatable bonds is 3. The van der Waals surface area contributed by atoms with Crippen LogP contribution < -0.4 is 9.47 Å². The van der Waals surface area contributed by atoms with E-state index >= 15 is 0 Å². The molecule has 0 aliphatic heterocycles. The molecule has 1 aromatic carbocycles. The Hall–Kier alpha value is -0.890. The minimum Gasteiger partial charge on any atom is -0.480 e. The molecule has 0 amide bonds. The van der Waals surface area contributed by atoms with Gasteiger partial charge in [-0.05, 0) is 56.7 Å². The van der Waals surface area contributed by atoms with E-state index in [1.54, 1.807) is 13.3 Å². The van der Waals surface area contributed by atoms with Crippen LogP contribution in [0.1, 0.15) is 0 Å². The lowest BCUT2D eigenvalue weighted by Crippen LogP contribution is -1.95. The van der Waals surface area contributed by atoms with E-state index in [-0.39, 0.29) is 6.01 Å². The number of nitrogens with zero attached hydrogens (tertiary/aromatic N) is 2. The van der Waals surface area contributed by atoms with Crippen molar-refractivity contribution in [1.29, 1.82) is 0 Å². The van der Waals surface area contributed by atoms with Gasteiger partial charge in [-0.1, -0.05) is 6.07 Å². The lowest BCUT2D eigenvalue weighted by Gasteiger charge is -2.06. The molecule has 0 saturated heterocycles. The summed E-state index contributed by atoms with van der Waals surface area (Å²) in [4.78, 5) is 8.16. The molecule has 0 aliphatic rings. The van der Waals surface area contributed by atoms with Gasteiger partial charge in [0.05, 0.1) is 17.8 Å². The minimum absolute atomic E-state index is 0.257. The second-order valence-corrected chi connectivity index (χ2v) is 5.17. The summed E-state index contributed by atoms with van der Waals surface area (Å²) in [5.41, 5.74) is 0. The van der Waals surface area contributed by atoms with Crippen LogP contribution in [0.15, 0.2) is 34.9 Å². The van der Waals surface area contributed by atoms with Gasteiger partial charge < -0.3 is 9.47 Å². The fraction of sp³-hybridized carbons (Fsp3) is 0.0909. The molecule has 0 fully saturated rings. The van der Waals surface area contributed by atoms with Crippen molar-refractivity contribution in [2.45, 2.75) is 0 Å². The molecule has 1 heterocycles. The number of ether oxygens (including phenoxy) is 2. The molecule has 88 valence electrons. The summed E-state index contributed by atoms with van der Waals surface area (Å²) in [6.45, 7) is 0. The van der Waals surface area contributed by atoms with Crippen LogP contribution in [-0.4, -0.2) is 17.1 Å². The Balaban J connectivity index is 2.24. The molecule has 1 aromatic heterocycles. The number of halogens is 2. The Morgan fingerprint density at radius 3 is 2.88 bits per heavy atom. The van der Waals surface area contributed by atoms with Crippen molar-refractivity contribution in [3.63, 3.8) is 0 Å². The Morgan fingerprint density at radius 2 is 2.18 bits per heavy atom. The smallest absolute Gasteiger partial charge is 0.325 e. The highest BCUT2D eigenvalue weighted by Gasteiger charge is 2.07. The Morgan fingerprint density at radius 1 is 1.35 bits per heavy atom. The average molecular weight is 407 g/mol. The zero-order chi connectivity index (χ0) is 12.3. The standard InChI is InChI=1S/C11H8BrIN2O2/c1-16-10-9(12)6-14-11(15-10)17-8-4-2-3-7(13)5-8/h2-6H,1H3. The van der Waals surface area contributed by atoms with Crippen molar-refractivity contribution in [2.24, 2.45) is 0 Å². The maximum atomic E-state index is 5.53. The van der Waals surface area contributed by atoms with Crippen LogP contribution >= 0.6 is 38.5 Å². The van der Waals surface area contributed by atoms with Crippen LogP contribution in [0.2, 0.25) is 0 Å². The molecule has 0 spiro atoms. The number of benzene rings is 1. The predicted octanol–water partition coefficient (Wildman–Crippen LogP) is 3.64. The molecule has 0 unspecified atom stereocenters. The first kappa shape index (κ1) is 12.6. The van der Waals surface area contributed by atoms with Crippen LogP contribution in [0.25, 0.3) is 0 Å². The molecule has 4 nitrogen and oxygen atoms in total. The van der Waals surface area contributed by atoms with E-state index < -0.39 is 0 Å². The molecule has 0 saturated carbocycles. The molecule has 17 heavy (non-hydrogen) atoms. The fourth-order valence-corrected chi connectivity index (χ4v) is 2.03. The molecule has 2 rings (SSSR count). The van der Waals surface area contributed by atoms with Gasteiger partial charge in [0.25, 0.3) is 0 Å². The topological polar surface area (TPSA) is 44.2 Å². The lowest BCUT2D eigenvalue weighted by molar-refractivity contribution is 0.373. The van der Waals surface area contributed by atoms with Crippen molar-refractivity contribution in [1.82, 2.24) is 9.97 Å². The van der Waals surface area contributed by atoms with E-state index in [0.29, 0.717) is 16.1 Å². The molecule has 6 heteroatoms. The summed E-state index contributed by atoms with van der Waals surface area (Å²) < 4.78 is 12.4. The van der Waals surface area contributed by atoms with Gasteiger partial charge in [-0.2, -0.15) is 4.98 Å². The summed E-state index contributed by atoms with van der Waals surface area (Å²) in [5.74, 6) is 1.14.